The Morgan fingerprint density at radius 2 is 1.86 bits per heavy atom. The lowest BCUT2D eigenvalue weighted by molar-refractivity contribution is 0.486. The van der Waals surface area contributed by atoms with Gasteiger partial charge in [0, 0.05) is 29.9 Å². The first kappa shape index (κ1) is 16.7. The highest BCUT2D eigenvalue weighted by Crippen LogP contribution is 2.21. The van der Waals surface area contributed by atoms with Crippen LogP contribution in [0.5, 0.6) is 0 Å². The first-order chi connectivity index (χ1) is 10.4. The number of nitrogens with one attached hydrogen (secondary N) is 1. The van der Waals surface area contributed by atoms with E-state index in [4.69, 9.17) is 23.8 Å². The summed E-state index contributed by atoms with van der Waals surface area (Å²) in [4.78, 5) is 1.76. The zero-order chi connectivity index (χ0) is 16.3. The lowest BCUT2D eigenvalue weighted by atomic mass is 10.1. The molecule has 0 unspecified atom stereocenters. The molecule has 1 N–H and O–H groups in total. The molecule has 2 aromatic rings. The molecule has 116 valence electrons. The Labute approximate surface area is 140 Å². The van der Waals surface area contributed by atoms with Gasteiger partial charge in [-0.1, -0.05) is 23.7 Å². The van der Waals surface area contributed by atoms with Gasteiger partial charge in [0.2, 0.25) is 0 Å². The quantitative estimate of drug-likeness (QED) is 0.800. The smallest absolute Gasteiger partial charge is 0.173 e. The summed E-state index contributed by atoms with van der Waals surface area (Å²) in [6, 6.07) is 10.8. The average molecular weight is 337 g/mol. The van der Waals surface area contributed by atoms with E-state index in [-0.39, 0.29) is 5.82 Å². The lowest BCUT2D eigenvalue weighted by Crippen LogP contribution is -2.31. The van der Waals surface area contributed by atoms with E-state index in [9.17, 15) is 4.39 Å². The first-order valence-electron chi connectivity index (χ1n) is 6.90. The number of aryl methyl sites for hydroxylation is 2. The molecule has 0 aliphatic carbocycles. The van der Waals surface area contributed by atoms with Gasteiger partial charge in [0.05, 0.1) is 0 Å². The van der Waals surface area contributed by atoms with Gasteiger partial charge in [-0.25, -0.2) is 4.39 Å². The molecule has 0 amide bonds. The highest BCUT2D eigenvalue weighted by atomic mass is 35.5. The van der Waals surface area contributed by atoms with Crippen molar-refractivity contribution in [2.24, 2.45) is 0 Å². The SMILES string of the molecule is Cc1cc(C)cc(NC(=S)N(C)Cc2c(F)cccc2Cl)c1. The number of thiocarbonyl (C=S) groups is 1. The van der Waals surface area contributed by atoms with E-state index in [0.717, 1.165) is 16.8 Å². The maximum atomic E-state index is 13.8. The van der Waals surface area contributed by atoms with Crippen LogP contribution in [0.3, 0.4) is 0 Å². The van der Waals surface area contributed by atoms with Crippen LogP contribution in [-0.2, 0) is 6.54 Å². The molecule has 0 radical (unpaired) electrons. The van der Waals surface area contributed by atoms with Gasteiger partial charge in [-0.3, -0.25) is 0 Å². The molecule has 2 nitrogen and oxygen atoms in total. The van der Waals surface area contributed by atoms with Crippen LogP contribution in [0, 0.1) is 19.7 Å². The van der Waals surface area contributed by atoms with Gasteiger partial charge in [0.15, 0.2) is 5.11 Å². The van der Waals surface area contributed by atoms with Gasteiger partial charge >= 0.3 is 0 Å². The number of hydrogen-bond donors (Lipinski definition) is 1. The van der Waals surface area contributed by atoms with Crippen molar-refractivity contribution in [1.29, 1.82) is 0 Å². The molecule has 0 aliphatic rings. The van der Waals surface area contributed by atoms with Crippen LogP contribution >= 0.6 is 23.8 Å². The predicted molar refractivity (Wildman–Crippen MR) is 95.0 cm³/mol. The molecule has 5 heteroatoms. The number of rotatable bonds is 3. The van der Waals surface area contributed by atoms with Gasteiger partial charge < -0.3 is 10.2 Å². The average Bonchev–Trinajstić information content (AvgIpc) is 2.41. The predicted octanol–water partition coefficient (Wildman–Crippen LogP) is 4.92. The van der Waals surface area contributed by atoms with Crippen molar-refractivity contribution in [3.63, 3.8) is 0 Å². The minimum Gasteiger partial charge on any atom is -0.348 e. The van der Waals surface area contributed by atoms with Gasteiger partial charge in [-0.2, -0.15) is 0 Å². The highest BCUT2D eigenvalue weighted by molar-refractivity contribution is 7.80. The van der Waals surface area contributed by atoms with Gasteiger partial charge in [-0.15, -0.1) is 0 Å². The molecule has 0 atom stereocenters. The fourth-order valence-corrected chi connectivity index (χ4v) is 2.66. The second-order valence-electron chi connectivity index (χ2n) is 5.36. The molecule has 0 bridgehead atoms. The third-order valence-electron chi connectivity index (χ3n) is 3.28. The fourth-order valence-electron chi connectivity index (χ4n) is 2.26. The molecular formula is C17H18ClFN2S. The van der Waals surface area contributed by atoms with E-state index in [1.807, 2.05) is 26.0 Å². The fraction of sp³-hybridized carbons (Fsp3) is 0.235. The number of halogens is 2. The molecule has 0 aliphatic heterocycles. The Bertz CT molecular complexity index is 663. The first-order valence-corrected chi connectivity index (χ1v) is 7.68. The summed E-state index contributed by atoms with van der Waals surface area (Å²) in [6.07, 6.45) is 0. The van der Waals surface area contributed by atoms with E-state index >= 15 is 0 Å². The van der Waals surface area contributed by atoms with Crippen LogP contribution in [0.4, 0.5) is 10.1 Å². The molecule has 0 heterocycles. The molecule has 0 saturated carbocycles. The Hall–Kier alpha value is -1.65. The van der Waals surface area contributed by atoms with Crippen molar-refractivity contribution in [3.8, 4) is 0 Å². The Morgan fingerprint density at radius 3 is 2.45 bits per heavy atom. The zero-order valence-electron chi connectivity index (χ0n) is 12.8. The number of anilines is 1. The standard InChI is InChI=1S/C17H18ClFN2S/c1-11-7-12(2)9-13(8-11)20-17(22)21(3)10-14-15(18)5-4-6-16(14)19/h4-9H,10H2,1-3H3,(H,20,22). The summed E-state index contributed by atoms with van der Waals surface area (Å²) in [7, 11) is 1.81. The maximum Gasteiger partial charge on any atom is 0.173 e. The molecule has 0 fully saturated rings. The lowest BCUT2D eigenvalue weighted by Gasteiger charge is -2.22. The van der Waals surface area contributed by atoms with Gasteiger partial charge in [0.25, 0.3) is 0 Å². The van der Waals surface area contributed by atoms with Crippen LogP contribution in [-0.4, -0.2) is 17.1 Å². The summed E-state index contributed by atoms with van der Waals surface area (Å²) < 4.78 is 13.8. The third-order valence-corrected chi connectivity index (χ3v) is 4.04. The minimum atomic E-state index is -0.325. The minimum absolute atomic E-state index is 0.308. The molecule has 0 spiro atoms. The van der Waals surface area contributed by atoms with Crippen molar-refractivity contribution in [2.75, 3.05) is 12.4 Å². The number of benzene rings is 2. The molecule has 22 heavy (non-hydrogen) atoms. The van der Waals surface area contributed by atoms with E-state index in [1.54, 1.807) is 24.1 Å². The van der Waals surface area contributed by atoms with Crippen molar-refractivity contribution in [3.05, 3.63) is 63.9 Å². The topological polar surface area (TPSA) is 15.3 Å². The van der Waals surface area contributed by atoms with E-state index in [0.29, 0.717) is 22.2 Å². The monoisotopic (exact) mass is 336 g/mol. The summed E-state index contributed by atoms with van der Waals surface area (Å²) in [5.74, 6) is -0.325. The summed E-state index contributed by atoms with van der Waals surface area (Å²) in [6.45, 7) is 4.37. The molecular weight excluding hydrogens is 319 g/mol. The summed E-state index contributed by atoms with van der Waals surface area (Å²) in [5, 5.41) is 4.10. The Morgan fingerprint density at radius 1 is 1.23 bits per heavy atom. The van der Waals surface area contributed by atoms with Gasteiger partial charge in [-0.05, 0) is 61.5 Å². The molecule has 0 aromatic heterocycles. The van der Waals surface area contributed by atoms with Crippen LogP contribution < -0.4 is 5.32 Å². The van der Waals surface area contributed by atoms with E-state index < -0.39 is 0 Å². The second-order valence-corrected chi connectivity index (χ2v) is 6.16. The van der Waals surface area contributed by atoms with Crippen LogP contribution in [0.25, 0.3) is 0 Å². The van der Waals surface area contributed by atoms with Crippen LogP contribution in [0.2, 0.25) is 5.02 Å². The van der Waals surface area contributed by atoms with Crippen LogP contribution in [0.15, 0.2) is 36.4 Å². The second kappa shape index (κ2) is 7.07. The summed E-state index contributed by atoms with van der Waals surface area (Å²) in [5.41, 5.74) is 3.68. The Kier molecular flexibility index (Phi) is 5.37. The van der Waals surface area contributed by atoms with Gasteiger partial charge in [0.1, 0.15) is 5.82 Å². The normalized spacial score (nSPS) is 10.4. The zero-order valence-corrected chi connectivity index (χ0v) is 14.4. The molecule has 2 aromatic carbocycles. The molecule has 0 saturated heterocycles. The molecule has 2 rings (SSSR count). The van der Waals surface area contributed by atoms with Crippen molar-refractivity contribution < 1.29 is 4.39 Å². The van der Waals surface area contributed by atoms with Crippen molar-refractivity contribution in [1.82, 2.24) is 4.90 Å². The maximum absolute atomic E-state index is 13.8. The van der Waals surface area contributed by atoms with Crippen molar-refractivity contribution >= 4 is 34.6 Å². The van der Waals surface area contributed by atoms with E-state index in [2.05, 4.69) is 11.4 Å². The highest BCUT2D eigenvalue weighted by Gasteiger charge is 2.12. The van der Waals surface area contributed by atoms with Crippen molar-refractivity contribution in [2.45, 2.75) is 20.4 Å². The largest absolute Gasteiger partial charge is 0.348 e. The Balaban J connectivity index is 2.09. The van der Waals surface area contributed by atoms with E-state index in [1.165, 1.54) is 6.07 Å². The van der Waals surface area contributed by atoms with Crippen LogP contribution in [0.1, 0.15) is 16.7 Å². The number of nitrogens with zero attached hydrogens (tertiary/aromatic N) is 1. The third kappa shape index (κ3) is 4.18. The summed E-state index contributed by atoms with van der Waals surface area (Å²) >= 11 is 11.4. The number of hydrogen-bond acceptors (Lipinski definition) is 1.